The maximum Gasteiger partial charge on any atom is 0.0417 e. The van der Waals surface area contributed by atoms with Crippen molar-refractivity contribution in [2.24, 2.45) is 0 Å². The monoisotopic (exact) mass is 211 g/mol. The van der Waals surface area contributed by atoms with Crippen molar-refractivity contribution in [3.8, 4) is 11.1 Å². The molecule has 2 aromatic rings. The lowest BCUT2D eigenvalue weighted by Gasteiger charge is -2.12. The van der Waals surface area contributed by atoms with Gasteiger partial charge in [-0.25, -0.2) is 0 Å². The third-order valence-electron chi connectivity index (χ3n) is 2.88. The molecule has 0 aromatic heterocycles. The molecule has 0 aliphatic rings. The standard InChI is InChI=1S/C15H17N/c1-11-8-9-15(16-3)14(10-11)13-7-5-4-6-12(13)2/h4-10,16H,1-3H3. The number of hydrogen-bond donors (Lipinski definition) is 1. The minimum absolute atomic E-state index is 1.18. The first-order chi connectivity index (χ1) is 7.72. The van der Waals surface area contributed by atoms with Gasteiger partial charge < -0.3 is 5.32 Å². The molecule has 1 heteroatoms. The molecule has 0 fully saturated rings. The van der Waals surface area contributed by atoms with Gasteiger partial charge >= 0.3 is 0 Å². The Morgan fingerprint density at radius 2 is 1.62 bits per heavy atom. The zero-order valence-electron chi connectivity index (χ0n) is 10.0. The predicted octanol–water partition coefficient (Wildman–Crippen LogP) is 4.01. The molecule has 0 bridgehead atoms. The third-order valence-corrected chi connectivity index (χ3v) is 2.88. The first-order valence-electron chi connectivity index (χ1n) is 5.57. The van der Waals surface area contributed by atoms with Gasteiger partial charge in [-0.2, -0.15) is 0 Å². The number of hydrogen-bond acceptors (Lipinski definition) is 1. The van der Waals surface area contributed by atoms with Crippen LogP contribution in [-0.4, -0.2) is 7.05 Å². The smallest absolute Gasteiger partial charge is 0.0417 e. The Labute approximate surface area is 97.1 Å². The van der Waals surface area contributed by atoms with E-state index in [1.807, 2.05) is 7.05 Å². The highest BCUT2D eigenvalue weighted by Crippen LogP contribution is 2.30. The van der Waals surface area contributed by atoms with Gasteiger partial charge in [-0.3, -0.25) is 0 Å². The first kappa shape index (κ1) is 10.7. The fraction of sp³-hybridized carbons (Fsp3) is 0.200. The third kappa shape index (κ3) is 1.94. The molecule has 0 saturated heterocycles. The Bertz CT molecular complexity index is 501. The van der Waals surface area contributed by atoms with Crippen LogP contribution in [0.5, 0.6) is 0 Å². The fourth-order valence-corrected chi connectivity index (χ4v) is 1.97. The van der Waals surface area contributed by atoms with Gasteiger partial charge in [0.15, 0.2) is 0 Å². The SMILES string of the molecule is CNc1ccc(C)cc1-c1ccccc1C. The molecule has 2 aromatic carbocycles. The van der Waals surface area contributed by atoms with E-state index in [1.165, 1.54) is 27.9 Å². The van der Waals surface area contributed by atoms with E-state index in [-0.39, 0.29) is 0 Å². The van der Waals surface area contributed by atoms with Crippen molar-refractivity contribution in [2.45, 2.75) is 13.8 Å². The highest BCUT2D eigenvalue weighted by atomic mass is 14.8. The van der Waals surface area contributed by atoms with Crippen molar-refractivity contribution in [1.29, 1.82) is 0 Å². The van der Waals surface area contributed by atoms with Crippen molar-refractivity contribution >= 4 is 5.69 Å². The molecule has 0 spiro atoms. The summed E-state index contributed by atoms with van der Waals surface area (Å²) < 4.78 is 0. The second-order valence-electron chi connectivity index (χ2n) is 4.11. The summed E-state index contributed by atoms with van der Waals surface area (Å²) in [5, 5.41) is 3.25. The molecule has 0 aliphatic heterocycles. The highest BCUT2D eigenvalue weighted by molar-refractivity contribution is 5.80. The van der Waals surface area contributed by atoms with E-state index in [0.717, 1.165) is 0 Å². The second-order valence-corrected chi connectivity index (χ2v) is 4.11. The maximum atomic E-state index is 3.25. The van der Waals surface area contributed by atoms with Crippen LogP contribution in [0.3, 0.4) is 0 Å². The highest BCUT2D eigenvalue weighted by Gasteiger charge is 2.06. The lowest BCUT2D eigenvalue weighted by molar-refractivity contribution is 1.40. The molecular weight excluding hydrogens is 194 g/mol. The average Bonchev–Trinajstić information content (AvgIpc) is 2.29. The summed E-state index contributed by atoms with van der Waals surface area (Å²) in [6.07, 6.45) is 0. The number of aryl methyl sites for hydroxylation is 2. The zero-order valence-corrected chi connectivity index (χ0v) is 10.0. The topological polar surface area (TPSA) is 12.0 Å². The summed E-state index contributed by atoms with van der Waals surface area (Å²) in [7, 11) is 1.96. The average molecular weight is 211 g/mol. The lowest BCUT2D eigenvalue weighted by Crippen LogP contribution is -1.93. The van der Waals surface area contributed by atoms with Crippen LogP contribution in [-0.2, 0) is 0 Å². The van der Waals surface area contributed by atoms with Gasteiger partial charge in [0.25, 0.3) is 0 Å². The van der Waals surface area contributed by atoms with Crippen molar-refractivity contribution in [1.82, 2.24) is 0 Å². The first-order valence-corrected chi connectivity index (χ1v) is 5.57. The van der Waals surface area contributed by atoms with E-state index < -0.39 is 0 Å². The summed E-state index contributed by atoms with van der Waals surface area (Å²) >= 11 is 0. The van der Waals surface area contributed by atoms with E-state index >= 15 is 0 Å². The zero-order chi connectivity index (χ0) is 11.5. The molecule has 0 amide bonds. The Balaban J connectivity index is 2.63. The maximum absolute atomic E-state index is 3.25. The largest absolute Gasteiger partial charge is 0.388 e. The minimum atomic E-state index is 1.18. The summed E-state index contributed by atoms with van der Waals surface area (Å²) in [4.78, 5) is 0. The summed E-state index contributed by atoms with van der Waals surface area (Å²) in [5.74, 6) is 0. The molecule has 16 heavy (non-hydrogen) atoms. The fourth-order valence-electron chi connectivity index (χ4n) is 1.97. The van der Waals surface area contributed by atoms with Crippen LogP contribution in [0.4, 0.5) is 5.69 Å². The molecule has 0 saturated carbocycles. The van der Waals surface area contributed by atoms with Gasteiger partial charge in [-0.15, -0.1) is 0 Å². The molecule has 1 N–H and O–H groups in total. The van der Waals surface area contributed by atoms with Crippen molar-refractivity contribution in [2.75, 3.05) is 12.4 Å². The lowest BCUT2D eigenvalue weighted by atomic mass is 9.97. The van der Waals surface area contributed by atoms with Gasteiger partial charge in [-0.05, 0) is 37.1 Å². The summed E-state index contributed by atoms with van der Waals surface area (Å²) in [6, 6.07) is 15.0. The number of anilines is 1. The minimum Gasteiger partial charge on any atom is -0.388 e. The number of rotatable bonds is 2. The predicted molar refractivity (Wildman–Crippen MR) is 70.9 cm³/mol. The quantitative estimate of drug-likeness (QED) is 0.791. The Morgan fingerprint density at radius 3 is 2.31 bits per heavy atom. The Morgan fingerprint density at radius 1 is 0.875 bits per heavy atom. The van der Waals surface area contributed by atoms with Crippen molar-refractivity contribution in [3.05, 3.63) is 53.6 Å². The van der Waals surface area contributed by atoms with Crippen LogP contribution < -0.4 is 5.32 Å². The molecule has 1 nitrogen and oxygen atoms in total. The van der Waals surface area contributed by atoms with Gasteiger partial charge in [0, 0.05) is 18.3 Å². The molecule has 82 valence electrons. The van der Waals surface area contributed by atoms with Crippen molar-refractivity contribution < 1.29 is 0 Å². The van der Waals surface area contributed by atoms with Crippen LogP contribution in [0, 0.1) is 13.8 Å². The van der Waals surface area contributed by atoms with Crippen molar-refractivity contribution in [3.63, 3.8) is 0 Å². The van der Waals surface area contributed by atoms with Crippen LogP contribution in [0.1, 0.15) is 11.1 Å². The van der Waals surface area contributed by atoms with Crippen LogP contribution >= 0.6 is 0 Å². The van der Waals surface area contributed by atoms with Crippen LogP contribution in [0.25, 0.3) is 11.1 Å². The Hall–Kier alpha value is -1.76. The molecule has 0 aliphatic carbocycles. The Kier molecular flexibility index (Phi) is 2.95. The van der Waals surface area contributed by atoms with Gasteiger partial charge in [0.1, 0.15) is 0 Å². The molecule has 2 rings (SSSR count). The second kappa shape index (κ2) is 4.40. The summed E-state index contributed by atoms with van der Waals surface area (Å²) in [6.45, 7) is 4.28. The number of nitrogens with one attached hydrogen (secondary N) is 1. The normalized spacial score (nSPS) is 10.2. The molecule has 0 atom stereocenters. The van der Waals surface area contributed by atoms with Crippen LogP contribution in [0.15, 0.2) is 42.5 Å². The van der Waals surface area contributed by atoms with Gasteiger partial charge in [0.2, 0.25) is 0 Å². The van der Waals surface area contributed by atoms with Crippen LogP contribution in [0.2, 0.25) is 0 Å². The van der Waals surface area contributed by atoms with Gasteiger partial charge in [-0.1, -0.05) is 35.9 Å². The van der Waals surface area contributed by atoms with E-state index in [0.29, 0.717) is 0 Å². The molecule has 0 unspecified atom stereocenters. The van der Waals surface area contributed by atoms with E-state index in [9.17, 15) is 0 Å². The van der Waals surface area contributed by atoms with E-state index in [2.05, 4.69) is 61.6 Å². The van der Waals surface area contributed by atoms with E-state index in [1.54, 1.807) is 0 Å². The number of benzene rings is 2. The van der Waals surface area contributed by atoms with E-state index in [4.69, 9.17) is 0 Å². The molecule has 0 radical (unpaired) electrons. The van der Waals surface area contributed by atoms with Gasteiger partial charge in [0.05, 0.1) is 0 Å². The summed E-state index contributed by atoms with van der Waals surface area (Å²) in [5.41, 5.74) is 6.36. The molecular formula is C15H17N. The molecule has 0 heterocycles.